The zero-order chi connectivity index (χ0) is 18.8. The van der Waals surface area contributed by atoms with Crippen molar-refractivity contribution in [2.45, 2.75) is 52.0 Å². The molecule has 0 unspecified atom stereocenters. The largest absolute Gasteiger partial charge is 0.341 e. The number of amides is 1. The van der Waals surface area contributed by atoms with E-state index in [-0.39, 0.29) is 5.91 Å². The predicted octanol–water partition coefficient (Wildman–Crippen LogP) is 3.35. The van der Waals surface area contributed by atoms with Crippen molar-refractivity contribution in [3.05, 3.63) is 23.9 Å². The highest BCUT2D eigenvalue weighted by atomic mass is 16.1. The van der Waals surface area contributed by atoms with Gasteiger partial charge in [-0.2, -0.15) is 0 Å². The molecule has 1 amide bonds. The Bertz CT molecular complexity index is 823. The fraction of sp³-hybridized carbons (Fsp3) is 0.571. The molecule has 0 atom stereocenters. The minimum absolute atomic E-state index is 0.0189. The summed E-state index contributed by atoms with van der Waals surface area (Å²) in [4.78, 5) is 26.2. The number of rotatable bonds is 4. The highest BCUT2D eigenvalue weighted by Gasteiger charge is 2.27. The normalized spacial score (nSPS) is 19.0. The average molecular weight is 367 g/mol. The lowest BCUT2D eigenvalue weighted by Crippen LogP contribution is -2.44. The number of likely N-dealkylation sites (tertiary alicyclic amines) is 1. The van der Waals surface area contributed by atoms with Gasteiger partial charge in [0.15, 0.2) is 0 Å². The monoisotopic (exact) mass is 367 g/mol. The second-order valence-electron chi connectivity index (χ2n) is 7.70. The molecule has 27 heavy (non-hydrogen) atoms. The summed E-state index contributed by atoms with van der Waals surface area (Å²) in [5.41, 5.74) is 2.71. The molecule has 3 heterocycles. The van der Waals surface area contributed by atoms with Crippen molar-refractivity contribution in [1.29, 1.82) is 0 Å². The highest BCUT2D eigenvalue weighted by molar-refractivity contribution is 5.94. The summed E-state index contributed by atoms with van der Waals surface area (Å²) in [7, 11) is 0. The van der Waals surface area contributed by atoms with Crippen molar-refractivity contribution in [1.82, 2.24) is 14.9 Å². The van der Waals surface area contributed by atoms with E-state index >= 15 is 0 Å². The molecule has 2 saturated heterocycles. The minimum atomic E-state index is 0.0189. The summed E-state index contributed by atoms with van der Waals surface area (Å²) in [6, 6.07) is 6.61. The van der Waals surface area contributed by atoms with Crippen molar-refractivity contribution in [3.8, 4) is 0 Å². The van der Waals surface area contributed by atoms with E-state index in [0.29, 0.717) is 6.42 Å². The van der Waals surface area contributed by atoms with Gasteiger partial charge in [-0.3, -0.25) is 4.79 Å². The van der Waals surface area contributed by atoms with Crippen LogP contribution >= 0.6 is 0 Å². The second-order valence-corrected chi connectivity index (χ2v) is 7.70. The number of benzene rings is 1. The van der Waals surface area contributed by atoms with Gasteiger partial charge in [0.25, 0.3) is 0 Å². The zero-order valence-electron chi connectivity index (χ0n) is 16.4. The molecule has 0 aliphatic carbocycles. The number of aromatic nitrogens is 2. The van der Waals surface area contributed by atoms with E-state index in [1.54, 1.807) is 0 Å². The maximum atomic E-state index is 11.6. The summed E-state index contributed by atoms with van der Waals surface area (Å²) in [6.45, 7) is 8.47. The molecule has 0 spiro atoms. The van der Waals surface area contributed by atoms with E-state index < -0.39 is 0 Å². The van der Waals surface area contributed by atoms with E-state index in [4.69, 9.17) is 9.97 Å². The van der Waals surface area contributed by atoms with Crippen LogP contribution in [-0.4, -0.2) is 53.0 Å². The van der Waals surface area contributed by atoms with Crippen LogP contribution in [0, 0.1) is 6.92 Å². The fourth-order valence-corrected chi connectivity index (χ4v) is 4.27. The van der Waals surface area contributed by atoms with Crippen LogP contribution in [0.4, 0.5) is 11.6 Å². The first kappa shape index (κ1) is 18.2. The van der Waals surface area contributed by atoms with Crippen molar-refractivity contribution >= 4 is 28.4 Å². The number of carbonyl (C=O) groups excluding carboxylic acids is 1. The van der Waals surface area contributed by atoms with Crippen LogP contribution in [-0.2, 0) is 4.79 Å². The summed E-state index contributed by atoms with van der Waals surface area (Å²) < 4.78 is 0. The Morgan fingerprint density at radius 1 is 1.15 bits per heavy atom. The minimum Gasteiger partial charge on any atom is -0.341 e. The van der Waals surface area contributed by atoms with Crippen molar-refractivity contribution in [2.24, 2.45) is 0 Å². The van der Waals surface area contributed by atoms with E-state index in [0.717, 1.165) is 47.4 Å². The van der Waals surface area contributed by atoms with E-state index in [2.05, 4.69) is 15.1 Å². The first-order valence-corrected chi connectivity index (χ1v) is 10.2. The predicted molar refractivity (Wildman–Crippen MR) is 109 cm³/mol. The van der Waals surface area contributed by atoms with E-state index in [1.165, 1.54) is 38.8 Å². The topological polar surface area (TPSA) is 61.4 Å². The van der Waals surface area contributed by atoms with Crippen LogP contribution in [0.5, 0.6) is 0 Å². The molecule has 2 aliphatic heterocycles. The van der Waals surface area contributed by atoms with Crippen molar-refractivity contribution in [3.63, 3.8) is 0 Å². The molecule has 1 N–H and O–H groups in total. The maximum Gasteiger partial charge on any atom is 0.226 e. The molecule has 0 saturated carbocycles. The lowest BCUT2D eigenvalue weighted by atomic mass is 10.0. The van der Waals surface area contributed by atoms with Gasteiger partial charge < -0.3 is 15.1 Å². The smallest absolute Gasteiger partial charge is 0.226 e. The average Bonchev–Trinajstić information content (AvgIpc) is 3.23. The number of carbonyl (C=O) groups is 1. The number of fused-ring (bicyclic) bond motifs is 1. The molecular weight excluding hydrogens is 338 g/mol. The van der Waals surface area contributed by atoms with Gasteiger partial charge in [0.2, 0.25) is 11.9 Å². The molecule has 0 bridgehead atoms. The molecule has 1 aromatic heterocycles. The lowest BCUT2D eigenvalue weighted by Gasteiger charge is -2.36. The standard InChI is InChI=1S/C21H29N5O/c1-3-20(27)23-16-6-7-19-18(14-16)15(2)22-21(24-19)26-12-8-17(9-13-26)25-10-4-5-11-25/h6-7,14,17H,3-5,8-13H2,1-2H3,(H,23,27). The summed E-state index contributed by atoms with van der Waals surface area (Å²) >= 11 is 0. The zero-order valence-corrected chi connectivity index (χ0v) is 16.4. The summed E-state index contributed by atoms with van der Waals surface area (Å²) in [6.07, 6.45) is 5.58. The SMILES string of the molecule is CCC(=O)Nc1ccc2nc(N3CCC(N4CCCC4)CC3)nc(C)c2c1. The third-order valence-electron chi connectivity index (χ3n) is 5.88. The van der Waals surface area contributed by atoms with Gasteiger partial charge in [-0.15, -0.1) is 0 Å². The molecule has 0 radical (unpaired) electrons. The van der Waals surface area contributed by atoms with Gasteiger partial charge >= 0.3 is 0 Å². The maximum absolute atomic E-state index is 11.6. The third-order valence-corrected chi connectivity index (χ3v) is 5.88. The first-order valence-electron chi connectivity index (χ1n) is 10.2. The van der Waals surface area contributed by atoms with Gasteiger partial charge in [-0.1, -0.05) is 6.92 Å². The van der Waals surface area contributed by atoms with Gasteiger partial charge in [-0.05, 0) is 63.9 Å². The van der Waals surface area contributed by atoms with E-state index in [1.807, 2.05) is 32.0 Å². The number of hydrogen-bond donors (Lipinski definition) is 1. The molecule has 1 aromatic carbocycles. The Balaban J connectivity index is 1.49. The second kappa shape index (κ2) is 7.80. The lowest BCUT2D eigenvalue weighted by molar-refractivity contribution is -0.115. The molecular formula is C21H29N5O. The van der Waals surface area contributed by atoms with Crippen molar-refractivity contribution in [2.75, 3.05) is 36.4 Å². The van der Waals surface area contributed by atoms with Crippen molar-refractivity contribution < 1.29 is 4.79 Å². The van der Waals surface area contributed by atoms with Crippen LogP contribution in [0.3, 0.4) is 0 Å². The summed E-state index contributed by atoms with van der Waals surface area (Å²) in [5, 5.41) is 3.91. The molecule has 2 aromatic rings. The number of aryl methyl sites for hydroxylation is 1. The molecule has 2 aliphatic rings. The highest BCUT2D eigenvalue weighted by Crippen LogP contribution is 2.26. The molecule has 6 heteroatoms. The Kier molecular flexibility index (Phi) is 5.25. The number of nitrogens with zero attached hydrogens (tertiary/aromatic N) is 4. The van der Waals surface area contributed by atoms with Gasteiger partial charge in [0.1, 0.15) is 0 Å². The van der Waals surface area contributed by atoms with Crippen LogP contribution in [0.2, 0.25) is 0 Å². The molecule has 144 valence electrons. The fourth-order valence-electron chi connectivity index (χ4n) is 4.27. The quantitative estimate of drug-likeness (QED) is 0.898. The van der Waals surface area contributed by atoms with Gasteiger partial charge in [0, 0.05) is 36.6 Å². The Morgan fingerprint density at radius 2 is 1.89 bits per heavy atom. The Labute approximate surface area is 161 Å². The molecule has 6 nitrogen and oxygen atoms in total. The van der Waals surface area contributed by atoms with Crippen LogP contribution in [0.1, 0.15) is 44.7 Å². The Morgan fingerprint density at radius 3 is 2.59 bits per heavy atom. The van der Waals surface area contributed by atoms with Crippen LogP contribution in [0.15, 0.2) is 18.2 Å². The van der Waals surface area contributed by atoms with E-state index in [9.17, 15) is 4.79 Å². The first-order chi connectivity index (χ1) is 13.1. The Hall–Kier alpha value is -2.21. The number of piperidine rings is 1. The van der Waals surface area contributed by atoms with Crippen LogP contribution < -0.4 is 10.2 Å². The van der Waals surface area contributed by atoms with Gasteiger partial charge in [0.05, 0.1) is 11.2 Å². The van der Waals surface area contributed by atoms with Gasteiger partial charge in [-0.25, -0.2) is 9.97 Å². The summed E-state index contributed by atoms with van der Waals surface area (Å²) in [5.74, 6) is 0.857. The molecule has 2 fully saturated rings. The third kappa shape index (κ3) is 3.90. The number of hydrogen-bond acceptors (Lipinski definition) is 5. The number of nitrogens with one attached hydrogen (secondary N) is 1. The molecule has 4 rings (SSSR count). The number of anilines is 2. The van der Waals surface area contributed by atoms with Crippen LogP contribution in [0.25, 0.3) is 10.9 Å².